The summed E-state index contributed by atoms with van der Waals surface area (Å²) in [4.78, 5) is 24.2. The number of halogens is 1. The van der Waals surface area contributed by atoms with E-state index in [9.17, 15) is 14.0 Å². The third-order valence-electron chi connectivity index (χ3n) is 3.75. The Hall–Kier alpha value is -2.11. The Bertz CT molecular complexity index is 521. The number of amides is 2. The van der Waals surface area contributed by atoms with Crippen molar-refractivity contribution in [3.8, 4) is 0 Å². The van der Waals surface area contributed by atoms with E-state index < -0.39 is 23.7 Å². The van der Waals surface area contributed by atoms with Crippen LogP contribution in [0, 0.1) is 24.6 Å². The van der Waals surface area contributed by atoms with Crippen LogP contribution in [-0.4, -0.2) is 35.1 Å². The lowest BCUT2D eigenvalue weighted by Gasteiger charge is -2.41. The molecule has 1 heterocycles. The Kier molecular flexibility index (Phi) is 3.92. The second kappa shape index (κ2) is 5.48. The molecule has 6 heteroatoms. The van der Waals surface area contributed by atoms with Crippen molar-refractivity contribution in [2.24, 2.45) is 11.8 Å². The molecular formula is C14H17FN2O3. The first-order valence-electron chi connectivity index (χ1n) is 6.44. The molecule has 2 amide bonds. The molecule has 1 saturated heterocycles. The number of nitrogens with zero attached hydrogens (tertiary/aromatic N) is 1. The average molecular weight is 280 g/mol. The molecule has 0 spiro atoms. The highest BCUT2D eigenvalue weighted by Gasteiger charge is 2.37. The number of aryl methyl sites for hydroxylation is 1. The van der Waals surface area contributed by atoms with Crippen LogP contribution in [0.2, 0.25) is 0 Å². The van der Waals surface area contributed by atoms with Crippen LogP contribution in [0.3, 0.4) is 0 Å². The second-order valence-electron chi connectivity index (χ2n) is 5.15. The van der Waals surface area contributed by atoms with Crippen LogP contribution >= 0.6 is 0 Å². The maximum absolute atomic E-state index is 13.6. The first-order chi connectivity index (χ1) is 9.40. The smallest absolute Gasteiger partial charge is 0.321 e. The van der Waals surface area contributed by atoms with E-state index in [1.807, 2.05) is 0 Å². The van der Waals surface area contributed by atoms with Crippen molar-refractivity contribution < 1.29 is 19.1 Å². The van der Waals surface area contributed by atoms with Crippen LogP contribution < -0.4 is 5.32 Å². The minimum absolute atomic E-state index is 0.0417. The van der Waals surface area contributed by atoms with Gasteiger partial charge in [0.2, 0.25) is 0 Å². The highest BCUT2D eigenvalue weighted by atomic mass is 19.1. The number of likely N-dealkylation sites (tertiary alicyclic amines) is 1. The number of carbonyl (C=O) groups excluding carboxylic acids is 1. The predicted molar refractivity (Wildman–Crippen MR) is 72.0 cm³/mol. The standard InChI is InChI=1S/C14H17FN2O3/c1-8-4-3-5-11(15)12(8)16-14(20)17-6-10(7-17)9(2)13(18)19/h3-5,9-10H,6-7H2,1-2H3,(H,16,20)(H,18,19). The zero-order chi connectivity index (χ0) is 14.9. The van der Waals surface area contributed by atoms with E-state index in [0.29, 0.717) is 18.7 Å². The zero-order valence-electron chi connectivity index (χ0n) is 11.4. The normalized spacial score (nSPS) is 16.4. The molecule has 0 aromatic heterocycles. The van der Waals surface area contributed by atoms with Gasteiger partial charge in [-0.1, -0.05) is 19.1 Å². The Morgan fingerprint density at radius 1 is 1.45 bits per heavy atom. The molecule has 1 aliphatic rings. The Labute approximate surface area is 116 Å². The summed E-state index contributed by atoms with van der Waals surface area (Å²) in [6, 6.07) is 4.18. The summed E-state index contributed by atoms with van der Waals surface area (Å²) in [6.45, 7) is 4.10. The van der Waals surface area contributed by atoms with Crippen LogP contribution in [0.4, 0.5) is 14.9 Å². The number of benzene rings is 1. The van der Waals surface area contributed by atoms with Gasteiger partial charge in [0.25, 0.3) is 0 Å². The molecule has 1 atom stereocenters. The highest BCUT2D eigenvalue weighted by Crippen LogP contribution is 2.26. The first kappa shape index (κ1) is 14.3. The molecule has 20 heavy (non-hydrogen) atoms. The monoisotopic (exact) mass is 280 g/mol. The lowest BCUT2D eigenvalue weighted by atomic mass is 9.87. The van der Waals surface area contributed by atoms with Crippen LogP contribution in [-0.2, 0) is 4.79 Å². The molecule has 0 radical (unpaired) electrons. The fourth-order valence-corrected chi connectivity index (χ4v) is 2.17. The van der Waals surface area contributed by atoms with Gasteiger partial charge >= 0.3 is 12.0 Å². The zero-order valence-corrected chi connectivity index (χ0v) is 11.4. The van der Waals surface area contributed by atoms with Crippen molar-refractivity contribution in [3.05, 3.63) is 29.6 Å². The molecule has 1 unspecified atom stereocenters. The Morgan fingerprint density at radius 2 is 2.10 bits per heavy atom. The van der Waals surface area contributed by atoms with Gasteiger partial charge in [0.1, 0.15) is 5.82 Å². The summed E-state index contributed by atoms with van der Waals surface area (Å²) in [5.41, 5.74) is 0.821. The minimum Gasteiger partial charge on any atom is -0.481 e. The number of rotatable bonds is 3. The van der Waals surface area contributed by atoms with E-state index in [1.54, 1.807) is 26.0 Å². The first-order valence-corrected chi connectivity index (χ1v) is 6.44. The number of anilines is 1. The number of hydrogen-bond donors (Lipinski definition) is 2. The lowest BCUT2D eigenvalue weighted by molar-refractivity contribution is -0.144. The largest absolute Gasteiger partial charge is 0.481 e. The van der Waals surface area contributed by atoms with Crippen molar-refractivity contribution in [1.29, 1.82) is 0 Å². The SMILES string of the molecule is Cc1cccc(F)c1NC(=O)N1CC(C(C)C(=O)O)C1. The summed E-state index contributed by atoms with van der Waals surface area (Å²) in [7, 11) is 0. The molecule has 1 aromatic carbocycles. The average Bonchev–Trinajstić information content (AvgIpc) is 2.32. The van der Waals surface area contributed by atoms with E-state index in [1.165, 1.54) is 11.0 Å². The fraction of sp³-hybridized carbons (Fsp3) is 0.429. The Balaban J connectivity index is 1.94. The summed E-state index contributed by atoms with van der Waals surface area (Å²) in [6.07, 6.45) is 0. The third kappa shape index (κ3) is 2.74. The van der Waals surface area contributed by atoms with E-state index in [4.69, 9.17) is 5.11 Å². The number of para-hydroxylation sites is 1. The van der Waals surface area contributed by atoms with Crippen LogP contribution in [0.25, 0.3) is 0 Å². The van der Waals surface area contributed by atoms with E-state index in [-0.39, 0.29) is 11.6 Å². The quantitative estimate of drug-likeness (QED) is 0.892. The molecular weight excluding hydrogens is 263 g/mol. The summed E-state index contributed by atoms with van der Waals surface area (Å²) < 4.78 is 13.6. The van der Waals surface area contributed by atoms with Crippen molar-refractivity contribution in [2.45, 2.75) is 13.8 Å². The number of hydrogen-bond acceptors (Lipinski definition) is 2. The molecule has 1 aliphatic heterocycles. The van der Waals surface area contributed by atoms with Gasteiger partial charge in [-0.2, -0.15) is 0 Å². The van der Waals surface area contributed by atoms with Crippen molar-refractivity contribution >= 4 is 17.7 Å². The second-order valence-corrected chi connectivity index (χ2v) is 5.15. The molecule has 2 N–H and O–H groups in total. The van der Waals surface area contributed by atoms with Gasteiger partial charge in [-0.25, -0.2) is 9.18 Å². The van der Waals surface area contributed by atoms with Gasteiger partial charge < -0.3 is 15.3 Å². The predicted octanol–water partition coefficient (Wildman–Crippen LogP) is 2.32. The van der Waals surface area contributed by atoms with Gasteiger partial charge in [0.05, 0.1) is 11.6 Å². The maximum Gasteiger partial charge on any atom is 0.321 e. The molecule has 0 saturated carbocycles. The topological polar surface area (TPSA) is 69.6 Å². The molecule has 2 rings (SSSR count). The summed E-state index contributed by atoms with van der Waals surface area (Å²) >= 11 is 0. The number of nitrogens with one attached hydrogen (secondary N) is 1. The lowest BCUT2D eigenvalue weighted by Crippen LogP contribution is -2.54. The van der Waals surface area contributed by atoms with Crippen molar-refractivity contribution in [3.63, 3.8) is 0 Å². The van der Waals surface area contributed by atoms with Gasteiger partial charge in [-0.3, -0.25) is 4.79 Å². The maximum atomic E-state index is 13.6. The number of urea groups is 1. The molecule has 0 bridgehead atoms. The highest BCUT2D eigenvalue weighted by molar-refractivity contribution is 5.91. The number of carboxylic acid groups (broad SMARTS) is 1. The van der Waals surface area contributed by atoms with E-state index >= 15 is 0 Å². The van der Waals surface area contributed by atoms with Crippen molar-refractivity contribution in [1.82, 2.24) is 4.90 Å². The van der Waals surface area contributed by atoms with Gasteiger partial charge in [0.15, 0.2) is 0 Å². The summed E-state index contributed by atoms with van der Waals surface area (Å²) in [5.74, 6) is -1.86. The van der Waals surface area contributed by atoms with Gasteiger partial charge in [0, 0.05) is 19.0 Å². The summed E-state index contributed by atoms with van der Waals surface area (Å²) in [5, 5.41) is 11.4. The molecule has 1 aromatic rings. The minimum atomic E-state index is -0.861. The molecule has 108 valence electrons. The molecule has 1 fully saturated rings. The Morgan fingerprint density at radius 3 is 2.65 bits per heavy atom. The number of carboxylic acids is 1. The fourth-order valence-electron chi connectivity index (χ4n) is 2.17. The van der Waals surface area contributed by atoms with Crippen molar-refractivity contribution in [2.75, 3.05) is 18.4 Å². The van der Waals surface area contributed by atoms with E-state index in [0.717, 1.165) is 0 Å². The third-order valence-corrected chi connectivity index (χ3v) is 3.75. The van der Waals surface area contributed by atoms with Crippen LogP contribution in [0.5, 0.6) is 0 Å². The van der Waals surface area contributed by atoms with Gasteiger partial charge in [-0.15, -0.1) is 0 Å². The van der Waals surface area contributed by atoms with Gasteiger partial charge in [-0.05, 0) is 18.6 Å². The number of carbonyl (C=O) groups is 2. The van der Waals surface area contributed by atoms with E-state index in [2.05, 4.69) is 5.32 Å². The molecule has 5 nitrogen and oxygen atoms in total. The van der Waals surface area contributed by atoms with Crippen LogP contribution in [0.15, 0.2) is 18.2 Å². The number of aliphatic carboxylic acids is 1. The van der Waals surface area contributed by atoms with Crippen LogP contribution in [0.1, 0.15) is 12.5 Å². The molecule has 0 aliphatic carbocycles.